The number of hydrogen-bond donors (Lipinski definition) is 1. The lowest BCUT2D eigenvalue weighted by molar-refractivity contribution is 0.141. The quantitative estimate of drug-likeness (QED) is 0.734. The zero-order valence-corrected chi connectivity index (χ0v) is 8.37. The highest BCUT2D eigenvalue weighted by atomic mass is 35.5. The molecule has 1 unspecified atom stereocenters. The second kappa shape index (κ2) is 5.27. The Morgan fingerprint density at radius 2 is 2.46 bits per heavy atom. The van der Waals surface area contributed by atoms with Gasteiger partial charge in [0.1, 0.15) is 0 Å². The van der Waals surface area contributed by atoms with Crippen molar-refractivity contribution >= 4 is 11.6 Å². The van der Waals surface area contributed by atoms with Crippen LogP contribution in [0, 0.1) is 0 Å². The first-order chi connectivity index (χ1) is 6.22. The molecule has 4 heteroatoms. The molecule has 1 rings (SSSR count). The molecule has 13 heavy (non-hydrogen) atoms. The maximum Gasteiger partial charge on any atom is 0.0947 e. The van der Waals surface area contributed by atoms with Crippen LogP contribution in [-0.4, -0.2) is 35.6 Å². The van der Waals surface area contributed by atoms with Gasteiger partial charge in [-0.2, -0.15) is 0 Å². The van der Waals surface area contributed by atoms with Crippen LogP contribution in [0.3, 0.4) is 0 Å². The zero-order chi connectivity index (χ0) is 9.68. The summed E-state index contributed by atoms with van der Waals surface area (Å²) in [7, 11) is 1.93. The minimum atomic E-state index is -0.460. The average Bonchev–Trinajstić information content (AvgIpc) is 2.56. The lowest BCUT2D eigenvalue weighted by atomic mass is 10.3. The summed E-state index contributed by atoms with van der Waals surface area (Å²) in [6.07, 6.45) is 2.88. The van der Waals surface area contributed by atoms with E-state index in [0.717, 1.165) is 12.1 Å². The molecule has 0 aliphatic carbocycles. The van der Waals surface area contributed by atoms with Crippen LogP contribution in [0.15, 0.2) is 23.0 Å². The normalized spacial score (nSPS) is 13.5. The van der Waals surface area contributed by atoms with Gasteiger partial charge in [0, 0.05) is 24.5 Å². The molecule has 0 aliphatic heterocycles. The lowest BCUT2D eigenvalue weighted by Gasteiger charge is -2.17. The van der Waals surface area contributed by atoms with E-state index in [9.17, 15) is 5.11 Å². The SMILES string of the molecule is CN(Cc1ccoc1)CC(O)CCl. The predicted octanol–water partition coefficient (Wildman–Crippen LogP) is 1.31. The van der Waals surface area contributed by atoms with E-state index in [0.29, 0.717) is 6.54 Å². The van der Waals surface area contributed by atoms with Gasteiger partial charge in [-0.3, -0.25) is 4.90 Å². The molecule has 0 aliphatic rings. The van der Waals surface area contributed by atoms with E-state index in [-0.39, 0.29) is 5.88 Å². The van der Waals surface area contributed by atoms with Crippen molar-refractivity contribution in [2.45, 2.75) is 12.6 Å². The van der Waals surface area contributed by atoms with Gasteiger partial charge in [-0.05, 0) is 13.1 Å². The van der Waals surface area contributed by atoms with Gasteiger partial charge in [-0.25, -0.2) is 0 Å². The summed E-state index contributed by atoms with van der Waals surface area (Å²) < 4.78 is 4.93. The number of furan rings is 1. The predicted molar refractivity (Wildman–Crippen MR) is 51.8 cm³/mol. The third-order valence-corrected chi connectivity index (χ3v) is 2.09. The van der Waals surface area contributed by atoms with Crippen LogP contribution in [0.2, 0.25) is 0 Å². The molecule has 1 N–H and O–H groups in total. The molecule has 0 fully saturated rings. The molecule has 0 amide bonds. The van der Waals surface area contributed by atoms with E-state index >= 15 is 0 Å². The molecule has 1 heterocycles. The Kier molecular flexibility index (Phi) is 4.28. The third-order valence-electron chi connectivity index (χ3n) is 1.73. The summed E-state index contributed by atoms with van der Waals surface area (Å²) in [6.45, 7) is 1.35. The van der Waals surface area contributed by atoms with Gasteiger partial charge in [0.15, 0.2) is 0 Å². The van der Waals surface area contributed by atoms with Gasteiger partial charge < -0.3 is 9.52 Å². The molecule has 1 aromatic rings. The number of aliphatic hydroxyl groups excluding tert-OH is 1. The Morgan fingerprint density at radius 3 is 3.00 bits per heavy atom. The van der Waals surface area contributed by atoms with E-state index in [2.05, 4.69) is 0 Å². The zero-order valence-electron chi connectivity index (χ0n) is 7.61. The highest BCUT2D eigenvalue weighted by Crippen LogP contribution is 2.04. The Morgan fingerprint density at radius 1 is 1.69 bits per heavy atom. The molecule has 1 aromatic heterocycles. The summed E-state index contributed by atoms with van der Waals surface area (Å²) in [6, 6.07) is 1.91. The van der Waals surface area contributed by atoms with Crippen molar-refractivity contribution in [2.24, 2.45) is 0 Å². The molecule has 3 nitrogen and oxygen atoms in total. The van der Waals surface area contributed by atoms with E-state index < -0.39 is 6.10 Å². The Bertz CT molecular complexity index is 226. The molecule has 1 atom stereocenters. The molecule has 0 saturated carbocycles. The van der Waals surface area contributed by atoms with E-state index in [4.69, 9.17) is 16.0 Å². The van der Waals surface area contributed by atoms with Crippen LogP contribution in [0.5, 0.6) is 0 Å². The van der Waals surface area contributed by atoms with Gasteiger partial charge in [0.25, 0.3) is 0 Å². The minimum absolute atomic E-state index is 0.274. The van der Waals surface area contributed by atoms with Crippen LogP contribution >= 0.6 is 11.6 Å². The fourth-order valence-corrected chi connectivity index (χ4v) is 1.26. The van der Waals surface area contributed by atoms with E-state index in [1.54, 1.807) is 12.5 Å². The van der Waals surface area contributed by atoms with Gasteiger partial charge in [-0.1, -0.05) is 0 Å². The topological polar surface area (TPSA) is 36.6 Å². The van der Waals surface area contributed by atoms with Gasteiger partial charge in [0.05, 0.1) is 18.6 Å². The van der Waals surface area contributed by atoms with Gasteiger partial charge in [-0.15, -0.1) is 11.6 Å². The second-order valence-electron chi connectivity index (χ2n) is 3.14. The van der Waals surface area contributed by atoms with Crippen LogP contribution < -0.4 is 0 Å². The van der Waals surface area contributed by atoms with Crippen molar-refractivity contribution in [1.29, 1.82) is 0 Å². The van der Waals surface area contributed by atoms with Crippen LogP contribution in [0.25, 0.3) is 0 Å². The van der Waals surface area contributed by atoms with Crippen molar-refractivity contribution < 1.29 is 9.52 Å². The van der Waals surface area contributed by atoms with Crippen molar-refractivity contribution in [3.05, 3.63) is 24.2 Å². The van der Waals surface area contributed by atoms with Crippen LogP contribution in [0.4, 0.5) is 0 Å². The first kappa shape index (κ1) is 10.6. The first-order valence-corrected chi connectivity index (χ1v) is 4.69. The second-order valence-corrected chi connectivity index (χ2v) is 3.45. The smallest absolute Gasteiger partial charge is 0.0947 e. The number of likely N-dealkylation sites (N-methyl/N-ethyl adjacent to an activating group) is 1. The highest BCUT2D eigenvalue weighted by Gasteiger charge is 2.07. The van der Waals surface area contributed by atoms with Gasteiger partial charge >= 0.3 is 0 Å². The molecule has 74 valence electrons. The monoisotopic (exact) mass is 203 g/mol. The Labute approximate surface area is 82.9 Å². The first-order valence-electron chi connectivity index (χ1n) is 4.16. The number of rotatable bonds is 5. The summed E-state index contributed by atoms with van der Waals surface area (Å²) in [5.41, 5.74) is 1.10. The Balaban J connectivity index is 2.29. The summed E-state index contributed by atoms with van der Waals surface area (Å²) in [5.74, 6) is 0.274. The fraction of sp³-hybridized carbons (Fsp3) is 0.556. The number of alkyl halides is 1. The standard InChI is InChI=1S/C9H14ClNO2/c1-11(6-9(12)4-10)5-8-2-3-13-7-8/h2-3,7,9,12H,4-6H2,1H3. The molecule has 0 spiro atoms. The fourth-order valence-electron chi connectivity index (χ4n) is 1.17. The summed E-state index contributed by atoms with van der Waals surface area (Å²) in [5, 5.41) is 9.26. The van der Waals surface area contributed by atoms with Crippen molar-refractivity contribution in [2.75, 3.05) is 19.5 Å². The third kappa shape index (κ3) is 3.81. The molecule has 0 saturated heterocycles. The number of nitrogens with zero attached hydrogens (tertiary/aromatic N) is 1. The molecule has 0 radical (unpaired) electrons. The maximum absolute atomic E-state index is 9.26. The summed E-state index contributed by atoms with van der Waals surface area (Å²) >= 11 is 5.48. The van der Waals surface area contributed by atoms with E-state index in [1.165, 1.54) is 0 Å². The minimum Gasteiger partial charge on any atom is -0.472 e. The molecular weight excluding hydrogens is 190 g/mol. The molecule has 0 aromatic carbocycles. The van der Waals surface area contributed by atoms with Crippen LogP contribution in [-0.2, 0) is 6.54 Å². The maximum atomic E-state index is 9.26. The van der Waals surface area contributed by atoms with Crippen molar-refractivity contribution in [1.82, 2.24) is 4.90 Å². The largest absolute Gasteiger partial charge is 0.472 e. The number of halogens is 1. The van der Waals surface area contributed by atoms with Gasteiger partial charge in [0.2, 0.25) is 0 Å². The molecule has 0 bridgehead atoms. The lowest BCUT2D eigenvalue weighted by Crippen LogP contribution is -2.29. The summed E-state index contributed by atoms with van der Waals surface area (Å²) in [4.78, 5) is 2.00. The van der Waals surface area contributed by atoms with Crippen LogP contribution in [0.1, 0.15) is 5.56 Å². The number of aliphatic hydroxyl groups is 1. The average molecular weight is 204 g/mol. The van der Waals surface area contributed by atoms with E-state index in [1.807, 2.05) is 18.0 Å². The highest BCUT2D eigenvalue weighted by molar-refractivity contribution is 6.18. The van der Waals surface area contributed by atoms with Crippen molar-refractivity contribution in [3.63, 3.8) is 0 Å². The number of hydrogen-bond acceptors (Lipinski definition) is 3. The Hall–Kier alpha value is -0.510. The van der Waals surface area contributed by atoms with Crippen molar-refractivity contribution in [3.8, 4) is 0 Å². The molecular formula is C9H14ClNO2.